The molecule has 0 saturated carbocycles. The van der Waals surface area contributed by atoms with Crippen molar-refractivity contribution in [3.8, 4) is 0 Å². The van der Waals surface area contributed by atoms with E-state index >= 15 is 0 Å². The smallest absolute Gasteiger partial charge is 0.414 e. The molecule has 1 atom stereocenters. The molecule has 2 N–H and O–H groups in total. The maximum atomic E-state index is 15.0. The molecule has 0 spiro atoms. The summed E-state index contributed by atoms with van der Waals surface area (Å²) in [4.78, 5) is 36.7. The molecular formula is C21H25FN6O3S. The lowest BCUT2D eigenvalue weighted by Gasteiger charge is -2.37. The number of carbonyl (C=O) groups is 2. The van der Waals surface area contributed by atoms with E-state index in [4.69, 9.17) is 17.0 Å². The third kappa shape index (κ3) is 4.67. The Bertz CT molecular complexity index is 1040. The largest absolute Gasteiger partial charge is 0.442 e. The Morgan fingerprint density at radius 1 is 1.34 bits per heavy atom. The third-order valence-corrected chi connectivity index (χ3v) is 5.96. The Balaban J connectivity index is 1.37. The van der Waals surface area contributed by atoms with Gasteiger partial charge in [0.2, 0.25) is 5.91 Å². The molecule has 1 aromatic heterocycles. The van der Waals surface area contributed by atoms with E-state index in [1.54, 1.807) is 18.3 Å². The highest BCUT2D eigenvalue weighted by atomic mass is 32.1. The summed E-state index contributed by atoms with van der Waals surface area (Å²) >= 11 is 5.53. The van der Waals surface area contributed by atoms with Gasteiger partial charge in [0.1, 0.15) is 16.9 Å². The molecule has 2 saturated heterocycles. The first-order valence-corrected chi connectivity index (χ1v) is 10.8. The maximum Gasteiger partial charge on any atom is 0.414 e. The first kappa shape index (κ1) is 22.0. The van der Waals surface area contributed by atoms with Gasteiger partial charge in [0.05, 0.1) is 24.5 Å². The number of piperazine rings is 1. The van der Waals surface area contributed by atoms with Crippen molar-refractivity contribution in [3.63, 3.8) is 0 Å². The van der Waals surface area contributed by atoms with Crippen LogP contribution in [0.25, 0.3) is 0 Å². The minimum Gasteiger partial charge on any atom is -0.442 e. The number of aromatic nitrogens is 2. The lowest BCUT2D eigenvalue weighted by molar-refractivity contribution is -0.119. The second-order valence-corrected chi connectivity index (χ2v) is 8.27. The van der Waals surface area contributed by atoms with Crippen molar-refractivity contribution in [1.29, 1.82) is 0 Å². The molecule has 1 aromatic carbocycles. The van der Waals surface area contributed by atoms with Crippen molar-refractivity contribution in [1.82, 2.24) is 20.2 Å². The second-order valence-electron chi connectivity index (χ2n) is 7.88. The van der Waals surface area contributed by atoms with E-state index in [1.807, 2.05) is 11.8 Å². The number of cyclic esters (lactones) is 1. The van der Waals surface area contributed by atoms with Crippen LogP contribution in [0.1, 0.15) is 18.4 Å². The molecule has 2 aromatic rings. The number of hydrogen-bond donors (Lipinski definition) is 2. The summed E-state index contributed by atoms with van der Waals surface area (Å²) < 4.78 is 20.2. The summed E-state index contributed by atoms with van der Waals surface area (Å²) in [6.07, 6.45) is 0.722. The van der Waals surface area contributed by atoms with Gasteiger partial charge in [-0.2, -0.15) is 0 Å². The number of benzene rings is 1. The highest BCUT2D eigenvalue weighted by Gasteiger charge is 2.33. The highest BCUT2D eigenvalue weighted by molar-refractivity contribution is 7.80. The molecule has 2 aliphatic heterocycles. The predicted octanol–water partition coefficient (Wildman–Crippen LogP) is 1.82. The maximum absolute atomic E-state index is 15.0. The molecular weight excluding hydrogens is 435 g/mol. The quantitative estimate of drug-likeness (QED) is 0.658. The lowest BCUT2D eigenvalue weighted by atomic mass is 10.2. The molecule has 1 unspecified atom stereocenters. The van der Waals surface area contributed by atoms with Gasteiger partial charge in [-0.1, -0.05) is 12.2 Å². The van der Waals surface area contributed by atoms with Crippen LogP contribution in [0.2, 0.25) is 0 Å². The second kappa shape index (κ2) is 9.11. The van der Waals surface area contributed by atoms with Crippen molar-refractivity contribution >= 4 is 40.6 Å². The van der Waals surface area contributed by atoms with Crippen molar-refractivity contribution < 1.29 is 18.7 Å². The Hall–Kier alpha value is -3.21. The van der Waals surface area contributed by atoms with Crippen molar-refractivity contribution in [2.75, 3.05) is 49.1 Å². The van der Waals surface area contributed by atoms with Gasteiger partial charge in [0.25, 0.3) is 0 Å². The molecule has 4 rings (SSSR count). The van der Waals surface area contributed by atoms with Gasteiger partial charge in [-0.25, -0.2) is 14.2 Å². The topological polar surface area (TPSA) is 93.8 Å². The Morgan fingerprint density at radius 3 is 2.72 bits per heavy atom. The minimum absolute atomic E-state index is 0.199. The van der Waals surface area contributed by atoms with Crippen LogP contribution in [0.3, 0.4) is 0 Å². The summed E-state index contributed by atoms with van der Waals surface area (Å²) in [7, 11) is 0. The number of hydrogen-bond acceptors (Lipinski definition) is 6. The van der Waals surface area contributed by atoms with Gasteiger partial charge in [0, 0.05) is 45.0 Å². The molecule has 2 fully saturated rings. The summed E-state index contributed by atoms with van der Waals surface area (Å²) in [5.41, 5.74) is 1.86. The zero-order chi connectivity index (χ0) is 22.8. The highest BCUT2D eigenvalue weighted by Crippen LogP contribution is 2.28. The van der Waals surface area contributed by atoms with Crippen LogP contribution >= 0.6 is 12.2 Å². The van der Waals surface area contributed by atoms with E-state index in [9.17, 15) is 14.0 Å². The van der Waals surface area contributed by atoms with Crippen LogP contribution in [0, 0.1) is 12.7 Å². The van der Waals surface area contributed by atoms with Crippen molar-refractivity contribution in [2.24, 2.45) is 0 Å². The van der Waals surface area contributed by atoms with Gasteiger partial charge in [-0.05, 0) is 25.1 Å². The van der Waals surface area contributed by atoms with Crippen molar-refractivity contribution in [3.05, 3.63) is 41.7 Å². The molecule has 32 heavy (non-hydrogen) atoms. The van der Waals surface area contributed by atoms with E-state index in [0.29, 0.717) is 48.4 Å². The number of amides is 2. The minimum atomic E-state index is -0.553. The van der Waals surface area contributed by atoms with Gasteiger partial charge in [-0.15, -0.1) is 0 Å². The van der Waals surface area contributed by atoms with Crippen LogP contribution in [0.5, 0.6) is 0 Å². The first-order chi connectivity index (χ1) is 15.3. The Morgan fingerprint density at radius 2 is 2.09 bits per heavy atom. The fourth-order valence-corrected chi connectivity index (χ4v) is 4.12. The molecule has 2 amide bonds. The van der Waals surface area contributed by atoms with Crippen LogP contribution in [0.4, 0.5) is 20.6 Å². The fraction of sp³-hybridized carbons (Fsp3) is 0.429. The van der Waals surface area contributed by atoms with Crippen LogP contribution in [0.15, 0.2) is 24.4 Å². The number of halogens is 1. The van der Waals surface area contributed by atoms with E-state index < -0.39 is 18.0 Å². The summed E-state index contributed by atoms with van der Waals surface area (Å²) in [5, 5.41) is 2.62. The Labute approximate surface area is 190 Å². The number of imidazole rings is 1. The molecule has 0 radical (unpaired) electrons. The van der Waals surface area contributed by atoms with Gasteiger partial charge < -0.3 is 24.8 Å². The van der Waals surface area contributed by atoms with E-state index in [1.165, 1.54) is 17.9 Å². The summed E-state index contributed by atoms with van der Waals surface area (Å²) in [6, 6.07) is 4.74. The average Bonchev–Trinajstić information content (AvgIpc) is 3.37. The molecule has 11 heteroatoms. The van der Waals surface area contributed by atoms with Crippen LogP contribution in [-0.2, 0) is 9.53 Å². The van der Waals surface area contributed by atoms with E-state index in [-0.39, 0.29) is 19.0 Å². The zero-order valence-corrected chi connectivity index (χ0v) is 18.7. The SMILES string of the molecule is CC(=O)NCC1CN(c2ccc(N3CCN(C(=S)c4ncc(C)[nH]4)CC3)c(F)c2)C(=O)O1. The van der Waals surface area contributed by atoms with Crippen LogP contribution in [-0.4, -0.2) is 77.2 Å². The molecule has 0 bridgehead atoms. The number of nitrogens with one attached hydrogen (secondary N) is 2. The number of carbonyl (C=O) groups excluding carboxylic acids is 2. The molecule has 0 aliphatic carbocycles. The molecule has 170 valence electrons. The normalized spacial score (nSPS) is 18.7. The number of thiocarbonyl (C=S) groups is 1. The number of ether oxygens (including phenoxy) is 1. The monoisotopic (exact) mass is 460 g/mol. The predicted molar refractivity (Wildman–Crippen MR) is 122 cm³/mol. The fourth-order valence-electron chi connectivity index (χ4n) is 3.84. The van der Waals surface area contributed by atoms with Gasteiger partial charge in [0.15, 0.2) is 5.82 Å². The number of rotatable bonds is 5. The first-order valence-electron chi connectivity index (χ1n) is 10.4. The van der Waals surface area contributed by atoms with Crippen molar-refractivity contribution in [2.45, 2.75) is 20.0 Å². The third-order valence-electron chi connectivity index (χ3n) is 5.51. The molecule has 2 aliphatic rings. The Kier molecular flexibility index (Phi) is 6.26. The van der Waals surface area contributed by atoms with E-state index in [0.717, 1.165) is 5.69 Å². The standard InChI is InChI=1S/C21H25FN6O3S/c1-13-10-24-19(25-13)20(32)27-7-5-26(6-8-27)18-4-3-15(9-17(18)22)28-12-16(31-21(28)30)11-23-14(2)29/h3-4,9-10,16H,5-8,11-12H2,1-2H3,(H,23,29)(H,24,25). The zero-order valence-electron chi connectivity index (χ0n) is 17.9. The van der Waals surface area contributed by atoms with Gasteiger partial charge >= 0.3 is 6.09 Å². The molecule has 3 heterocycles. The van der Waals surface area contributed by atoms with E-state index in [2.05, 4.69) is 20.2 Å². The summed E-state index contributed by atoms with van der Waals surface area (Å²) in [6.45, 7) is 6.33. The van der Waals surface area contributed by atoms with Crippen LogP contribution < -0.4 is 15.1 Å². The number of nitrogens with zero attached hydrogens (tertiary/aromatic N) is 4. The van der Waals surface area contributed by atoms with Gasteiger partial charge in [-0.3, -0.25) is 9.69 Å². The number of aromatic amines is 1. The molecule has 9 nitrogen and oxygen atoms in total. The summed E-state index contributed by atoms with van der Waals surface area (Å²) in [5.74, 6) is 0.0733. The number of anilines is 2. The lowest BCUT2D eigenvalue weighted by Crippen LogP contribution is -2.49. The average molecular weight is 461 g/mol. The number of H-pyrrole nitrogens is 1. The number of aryl methyl sites for hydroxylation is 1.